The molecule has 0 bridgehead atoms. The van der Waals surface area contributed by atoms with E-state index in [9.17, 15) is 40.1 Å². The summed E-state index contributed by atoms with van der Waals surface area (Å²) in [6.07, 6.45) is 2.20. The lowest BCUT2D eigenvalue weighted by Gasteiger charge is -2.36. The Hall–Kier alpha value is -3.86. The van der Waals surface area contributed by atoms with Crippen LogP contribution in [0, 0.1) is 27.9 Å². The van der Waals surface area contributed by atoms with Crippen molar-refractivity contribution < 1.29 is 34.9 Å². The van der Waals surface area contributed by atoms with Crippen molar-refractivity contribution in [2.24, 2.45) is 17.8 Å². The highest BCUT2D eigenvalue weighted by molar-refractivity contribution is 6.22. The largest absolute Gasteiger partial charge is 0.507 e. The van der Waals surface area contributed by atoms with E-state index in [0.717, 1.165) is 16.5 Å². The van der Waals surface area contributed by atoms with E-state index < -0.39 is 53.8 Å². The standard InChI is InChI=1S/C29H32N2O8/c1-2-17(12-18-6-3-4-9-24(18)34)10-11-25(35)26-19(15-32)13-22-27(23(26)16-33)29(37)30(28(22)36)20-7-5-8-21(14-20)31(38)39/h3-9,12,14,22-23,25,27,32-35H,2,10-11,13,15-16H2,1H3/b17-12+/t22-,23+,25-,27-/m1/s1. The van der Waals surface area contributed by atoms with E-state index in [1.165, 1.54) is 18.2 Å². The summed E-state index contributed by atoms with van der Waals surface area (Å²) in [6.45, 7) is 0.996. The normalized spacial score (nSPS) is 22.3. The lowest BCUT2D eigenvalue weighted by Crippen LogP contribution is -2.39. The first-order chi connectivity index (χ1) is 18.7. The minimum Gasteiger partial charge on any atom is -0.507 e. The van der Waals surface area contributed by atoms with E-state index in [-0.39, 0.29) is 30.0 Å². The number of nitrogens with zero attached hydrogens (tertiary/aromatic N) is 2. The van der Waals surface area contributed by atoms with Crippen molar-refractivity contribution in [3.8, 4) is 5.75 Å². The van der Waals surface area contributed by atoms with E-state index in [4.69, 9.17) is 0 Å². The number of carbonyl (C=O) groups is 2. The maximum Gasteiger partial charge on any atom is 0.271 e. The molecular weight excluding hydrogens is 504 g/mol. The van der Waals surface area contributed by atoms with Gasteiger partial charge in [-0.3, -0.25) is 19.7 Å². The number of aliphatic hydroxyl groups excluding tert-OH is 3. The van der Waals surface area contributed by atoms with Crippen LogP contribution in [0.5, 0.6) is 5.75 Å². The number of nitro benzene ring substituents is 1. The minimum atomic E-state index is -1.08. The zero-order valence-electron chi connectivity index (χ0n) is 21.6. The maximum atomic E-state index is 13.5. The molecule has 4 N–H and O–H groups in total. The van der Waals surface area contributed by atoms with Crippen LogP contribution in [0.25, 0.3) is 6.08 Å². The van der Waals surface area contributed by atoms with Crippen LogP contribution in [0.4, 0.5) is 11.4 Å². The Morgan fingerprint density at radius 2 is 1.90 bits per heavy atom. The van der Waals surface area contributed by atoms with Gasteiger partial charge in [-0.25, -0.2) is 4.90 Å². The number of carbonyl (C=O) groups excluding carboxylic acids is 2. The molecule has 4 atom stereocenters. The van der Waals surface area contributed by atoms with Gasteiger partial charge in [-0.15, -0.1) is 0 Å². The highest BCUT2D eigenvalue weighted by Gasteiger charge is 2.55. The van der Waals surface area contributed by atoms with Gasteiger partial charge in [-0.05, 0) is 49.0 Å². The number of hydrogen-bond acceptors (Lipinski definition) is 8. The summed E-state index contributed by atoms with van der Waals surface area (Å²) in [6, 6.07) is 12.2. The van der Waals surface area contributed by atoms with Gasteiger partial charge in [0.1, 0.15) is 5.75 Å². The average molecular weight is 537 g/mol. The monoisotopic (exact) mass is 536 g/mol. The summed E-state index contributed by atoms with van der Waals surface area (Å²) in [5, 5.41) is 53.1. The van der Waals surface area contributed by atoms with Crippen molar-refractivity contribution in [2.75, 3.05) is 18.1 Å². The van der Waals surface area contributed by atoms with Gasteiger partial charge in [0.2, 0.25) is 11.8 Å². The Kier molecular flexibility index (Phi) is 8.59. The van der Waals surface area contributed by atoms with Crippen LogP contribution in [0.15, 0.2) is 65.3 Å². The zero-order valence-corrected chi connectivity index (χ0v) is 21.6. The Morgan fingerprint density at radius 3 is 2.54 bits per heavy atom. The predicted octanol–water partition coefficient (Wildman–Crippen LogP) is 3.34. The summed E-state index contributed by atoms with van der Waals surface area (Å²) in [5.74, 6) is -3.73. The molecule has 0 unspecified atom stereocenters. The number of allylic oxidation sites excluding steroid dienone is 1. The molecule has 2 aromatic rings. The molecule has 0 spiro atoms. The topological polar surface area (TPSA) is 161 Å². The van der Waals surface area contributed by atoms with E-state index in [1.807, 2.05) is 19.1 Å². The van der Waals surface area contributed by atoms with E-state index in [0.29, 0.717) is 29.6 Å². The molecule has 0 radical (unpaired) electrons. The quantitative estimate of drug-likeness (QED) is 0.156. The molecule has 1 aliphatic carbocycles. The second kappa shape index (κ2) is 11.9. The van der Waals surface area contributed by atoms with Crippen LogP contribution in [0.1, 0.15) is 38.2 Å². The molecule has 0 saturated carbocycles. The van der Waals surface area contributed by atoms with E-state index in [1.54, 1.807) is 18.2 Å². The summed E-state index contributed by atoms with van der Waals surface area (Å²) in [7, 11) is 0. The van der Waals surface area contributed by atoms with Gasteiger partial charge in [0.05, 0.1) is 41.8 Å². The maximum absolute atomic E-state index is 13.5. The van der Waals surface area contributed by atoms with Crippen LogP contribution < -0.4 is 4.90 Å². The SMILES string of the molecule is CC/C(=C\c1ccccc1O)CC[C@@H](O)C1=C(CO)C[C@H]2C(=O)N(c3cccc([N+](=O)[O-])c3)C(=O)[C@H]2[C@H]1CO. The van der Waals surface area contributed by atoms with Crippen molar-refractivity contribution in [3.63, 3.8) is 0 Å². The van der Waals surface area contributed by atoms with Gasteiger partial charge >= 0.3 is 0 Å². The summed E-state index contributed by atoms with van der Waals surface area (Å²) >= 11 is 0. The average Bonchev–Trinajstić information content (AvgIpc) is 3.19. The molecule has 2 amide bonds. The van der Waals surface area contributed by atoms with Crippen LogP contribution in [0.3, 0.4) is 0 Å². The first-order valence-corrected chi connectivity index (χ1v) is 12.9. The molecule has 2 aliphatic rings. The van der Waals surface area contributed by atoms with Crippen LogP contribution in [-0.2, 0) is 9.59 Å². The van der Waals surface area contributed by atoms with Gasteiger partial charge in [0, 0.05) is 23.6 Å². The molecule has 1 fully saturated rings. The summed E-state index contributed by atoms with van der Waals surface area (Å²) in [4.78, 5) is 38.4. The van der Waals surface area contributed by atoms with E-state index >= 15 is 0 Å². The van der Waals surface area contributed by atoms with Gasteiger partial charge in [0.25, 0.3) is 5.69 Å². The third kappa shape index (κ3) is 5.49. The molecule has 1 heterocycles. The van der Waals surface area contributed by atoms with Crippen molar-refractivity contribution in [2.45, 2.75) is 38.7 Å². The first kappa shape index (κ1) is 28.2. The van der Waals surface area contributed by atoms with Crippen molar-refractivity contribution in [1.29, 1.82) is 0 Å². The number of aliphatic hydroxyl groups is 3. The molecule has 0 aromatic heterocycles. The lowest BCUT2D eigenvalue weighted by molar-refractivity contribution is -0.384. The number of imide groups is 1. The van der Waals surface area contributed by atoms with E-state index in [2.05, 4.69) is 0 Å². The number of amides is 2. The van der Waals surface area contributed by atoms with Crippen molar-refractivity contribution >= 4 is 29.3 Å². The Balaban J connectivity index is 1.60. The van der Waals surface area contributed by atoms with Gasteiger partial charge in [-0.2, -0.15) is 0 Å². The number of nitro groups is 1. The zero-order chi connectivity index (χ0) is 28.3. The number of para-hydroxylation sites is 1. The number of phenols is 1. The molecule has 206 valence electrons. The fourth-order valence-electron chi connectivity index (χ4n) is 5.76. The van der Waals surface area contributed by atoms with Crippen molar-refractivity contribution in [1.82, 2.24) is 0 Å². The Labute approximate surface area is 225 Å². The summed E-state index contributed by atoms with van der Waals surface area (Å²) < 4.78 is 0. The highest BCUT2D eigenvalue weighted by atomic mass is 16.6. The number of fused-ring (bicyclic) bond motifs is 1. The fourth-order valence-corrected chi connectivity index (χ4v) is 5.76. The third-order valence-electron chi connectivity index (χ3n) is 7.72. The highest BCUT2D eigenvalue weighted by Crippen LogP contribution is 2.47. The fraction of sp³-hybridized carbons (Fsp3) is 0.379. The van der Waals surface area contributed by atoms with Gasteiger partial charge in [-0.1, -0.05) is 42.8 Å². The minimum absolute atomic E-state index is 0.0361. The van der Waals surface area contributed by atoms with Gasteiger partial charge in [0.15, 0.2) is 0 Å². The van der Waals surface area contributed by atoms with Crippen molar-refractivity contribution in [3.05, 3.63) is 80.9 Å². The Morgan fingerprint density at radius 1 is 1.15 bits per heavy atom. The number of anilines is 1. The van der Waals surface area contributed by atoms with Gasteiger partial charge < -0.3 is 20.4 Å². The first-order valence-electron chi connectivity index (χ1n) is 12.9. The number of aromatic hydroxyl groups is 1. The second-order valence-electron chi connectivity index (χ2n) is 9.90. The number of rotatable bonds is 10. The van der Waals surface area contributed by atoms with Crippen LogP contribution in [0.2, 0.25) is 0 Å². The molecule has 1 aliphatic heterocycles. The summed E-state index contributed by atoms with van der Waals surface area (Å²) in [5.41, 5.74) is 2.20. The number of phenolic OH excluding ortho intramolecular Hbond substituents is 1. The molecular formula is C29H32N2O8. The molecule has 1 saturated heterocycles. The second-order valence-corrected chi connectivity index (χ2v) is 9.90. The Bertz CT molecular complexity index is 1330. The number of benzene rings is 2. The predicted molar refractivity (Wildman–Crippen MR) is 143 cm³/mol. The third-order valence-corrected chi connectivity index (χ3v) is 7.72. The smallest absolute Gasteiger partial charge is 0.271 e. The van der Waals surface area contributed by atoms with Crippen LogP contribution in [-0.4, -0.2) is 56.5 Å². The molecule has 2 aromatic carbocycles. The molecule has 39 heavy (non-hydrogen) atoms. The molecule has 10 nitrogen and oxygen atoms in total. The molecule has 10 heteroatoms. The number of non-ortho nitro benzene ring substituents is 1. The van der Waals surface area contributed by atoms with Crippen LogP contribution >= 0.6 is 0 Å². The number of hydrogen-bond donors (Lipinski definition) is 4. The molecule has 4 rings (SSSR count). The lowest BCUT2D eigenvalue weighted by atomic mass is 9.68.